The summed E-state index contributed by atoms with van der Waals surface area (Å²) < 4.78 is 47.2. The second kappa shape index (κ2) is 8.50. The smallest absolute Gasteiger partial charge is 0.416 e. The normalized spacial score (nSPS) is 11.9. The minimum atomic E-state index is -4.45. The van der Waals surface area contributed by atoms with E-state index in [1.165, 1.54) is 41.1 Å². The van der Waals surface area contributed by atoms with Gasteiger partial charge in [-0.25, -0.2) is 4.98 Å². The van der Waals surface area contributed by atoms with Crippen molar-refractivity contribution in [2.45, 2.75) is 13.1 Å². The first kappa shape index (κ1) is 22.8. The SMILES string of the molecule is Cc1nc(Oc2ccc(C(F)(F)F)cc2)cc(-c2cn(C=CC(N)=O)c3ccc(=O)n(C)c23)n1. The summed E-state index contributed by atoms with van der Waals surface area (Å²) in [6.07, 6.45) is -0.136. The number of alkyl halides is 3. The Morgan fingerprint density at radius 3 is 2.47 bits per heavy atom. The summed E-state index contributed by atoms with van der Waals surface area (Å²) >= 11 is 0. The number of halogens is 3. The summed E-state index contributed by atoms with van der Waals surface area (Å²) in [4.78, 5) is 32.1. The molecule has 3 aromatic heterocycles. The number of carbonyl (C=O) groups is 1. The molecule has 4 rings (SSSR count). The van der Waals surface area contributed by atoms with Crippen LogP contribution >= 0.6 is 0 Å². The van der Waals surface area contributed by atoms with E-state index in [4.69, 9.17) is 10.5 Å². The lowest BCUT2D eigenvalue weighted by Crippen LogP contribution is -2.15. The number of carbonyl (C=O) groups excluding carboxylic acids is 1. The van der Waals surface area contributed by atoms with Crippen LogP contribution in [0.5, 0.6) is 11.6 Å². The average molecular weight is 469 g/mol. The fourth-order valence-corrected chi connectivity index (χ4v) is 3.45. The predicted molar refractivity (Wildman–Crippen MR) is 119 cm³/mol. The molecule has 11 heteroatoms. The van der Waals surface area contributed by atoms with Crippen molar-refractivity contribution in [3.8, 4) is 22.9 Å². The lowest BCUT2D eigenvalue weighted by Gasteiger charge is -2.10. The van der Waals surface area contributed by atoms with Crippen molar-refractivity contribution in [1.29, 1.82) is 0 Å². The van der Waals surface area contributed by atoms with Gasteiger partial charge in [-0.15, -0.1) is 0 Å². The lowest BCUT2D eigenvalue weighted by molar-refractivity contribution is -0.137. The summed E-state index contributed by atoms with van der Waals surface area (Å²) in [7, 11) is 1.60. The zero-order valence-electron chi connectivity index (χ0n) is 18.0. The van der Waals surface area contributed by atoms with Crippen molar-refractivity contribution in [3.05, 3.63) is 76.5 Å². The monoisotopic (exact) mass is 469 g/mol. The Hall–Kier alpha value is -4.41. The highest BCUT2D eigenvalue weighted by atomic mass is 19.4. The Labute approximate surface area is 190 Å². The molecule has 174 valence electrons. The molecule has 1 amide bonds. The number of pyridine rings is 1. The highest BCUT2D eigenvalue weighted by Crippen LogP contribution is 2.33. The van der Waals surface area contributed by atoms with E-state index in [2.05, 4.69) is 9.97 Å². The average Bonchev–Trinajstić information content (AvgIpc) is 3.13. The van der Waals surface area contributed by atoms with Gasteiger partial charge in [0.1, 0.15) is 11.6 Å². The molecule has 0 fully saturated rings. The van der Waals surface area contributed by atoms with Crippen molar-refractivity contribution in [2.24, 2.45) is 12.8 Å². The summed E-state index contributed by atoms with van der Waals surface area (Å²) in [5.74, 6) is -0.0275. The lowest BCUT2D eigenvalue weighted by atomic mass is 10.2. The Balaban J connectivity index is 1.80. The first-order chi connectivity index (χ1) is 16.0. The molecule has 0 saturated heterocycles. The zero-order chi connectivity index (χ0) is 24.6. The van der Waals surface area contributed by atoms with Crippen LogP contribution in [0.25, 0.3) is 28.5 Å². The van der Waals surface area contributed by atoms with Crippen LogP contribution < -0.4 is 16.0 Å². The van der Waals surface area contributed by atoms with Gasteiger partial charge in [0.25, 0.3) is 5.56 Å². The van der Waals surface area contributed by atoms with Crippen LogP contribution in [0, 0.1) is 6.92 Å². The topological polar surface area (TPSA) is 105 Å². The van der Waals surface area contributed by atoms with E-state index in [0.717, 1.165) is 12.1 Å². The number of nitrogens with zero attached hydrogens (tertiary/aromatic N) is 4. The molecule has 0 atom stereocenters. The number of primary amides is 1. The molecule has 8 nitrogen and oxygen atoms in total. The van der Waals surface area contributed by atoms with Crippen molar-refractivity contribution >= 4 is 23.1 Å². The largest absolute Gasteiger partial charge is 0.439 e. The molecule has 3 heterocycles. The number of benzene rings is 1. The van der Waals surface area contributed by atoms with Crippen LogP contribution in [-0.2, 0) is 18.0 Å². The maximum absolute atomic E-state index is 12.8. The van der Waals surface area contributed by atoms with Gasteiger partial charge < -0.3 is 19.6 Å². The quantitative estimate of drug-likeness (QED) is 0.447. The van der Waals surface area contributed by atoms with Crippen LogP contribution in [0.3, 0.4) is 0 Å². The Morgan fingerprint density at radius 2 is 1.82 bits per heavy atom. The standard InChI is InChI=1S/C23H18F3N5O3/c1-13-28-17(11-20(29-13)34-15-5-3-14(4-6-15)23(24,25)26)16-12-31(10-9-19(27)32)18-7-8-21(33)30(2)22(16)18/h3-12H,1-2H3,(H2,27,32). The molecule has 34 heavy (non-hydrogen) atoms. The number of nitrogens with two attached hydrogens (primary N) is 1. The Morgan fingerprint density at radius 1 is 1.12 bits per heavy atom. The first-order valence-corrected chi connectivity index (χ1v) is 9.92. The van der Waals surface area contributed by atoms with Crippen LogP contribution in [0.4, 0.5) is 13.2 Å². The van der Waals surface area contributed by atoms with Crippen molar-refractivity contribution in [3.63, 3.8) is 0 Å². The number of amides is 1. The highest BCUT2D eigenvalue weighted by Gasteiger charge is 2.30. The van der Waals surface area contributed by atoms with Gasteiger partial charge >= 0.3 is 6.18 Å². The molecule has 0 spiro atoms. The molecule has 0 aliphatic carbocycles. The number of aryl methyl sites for hydroxylation is 2. The third-order valence-corrected chi connectivity index (χ3v) is 4.99. The molecule has 2 N–H and O–H groups in total. The molecule has 1 aromatic carbocycles. The molecular weight excluding hydrogens is 451 g/mol. The van der Waals surface area contributed by atoms with Crippen molar-refractivity contribution < 1.29 is 22.7 Å². The van der Waals surface area contributed by atoms with Gasteiger partial charge in [0.05, 0.1) is 22.3 Å². The Kier molecular flexibility index (Phi) is 5.70. The summed E-state index contributed by atoms with van der Waals surface area (Å²) in [6, 6.07) is 8.75. The van der Waals surface area contributed by atoms with E-state index in [1.807, 2.05) is 0 Å². The molecule has 0 bridgehead atoms. The number of hydrogen-bond donors (Lipinski definition) is 1. The highest BCUT2D eigenvalue weighted by molar-refractivity contribution is 5.95. The van der Waals surface area contributed by atoms with Crippen LogP contribution in [0.2, 0.25) is 0 Å². The molecule has 0 unspecified atom stereocenters. The van der Waals surface area contributed by atoms with E-state index in [0.29, 0.717) is 28.1 Å². The first-order valence-electron chi connectivity index (χ1n) is 9.92. The number of fused-ring (bicyclic) bond motifs is 1. The van der Waals surface area contributed by atoms with Gasteiger partial charge in [0.2, 0.25) is 11.8 Å². The molecule has 4 aromatic rings. The molecular formula is C23H18F3N5O3. The third kappa shape index (κ3) is 4.53. The van der Waals surface area contributed by atoms with E-state index in [1.54, 1.807) is 30.8 Å². The second-order valence-electron chi connectivity index (χ2n) is 7.40. The second-order valence-corrected chi connectivity index (χ2v) is 7.40. The third-order valence-electron chi connectivity index (χ3n) is 4.99. The number of ether oxygens (including phenoxy) is 1. The summed E-state index contributed by atoms with van der Waals surface area (Å²) in [6.45, 7) is 1.63. The van der Waals surface area contributed by atoms with E-state index >= 15 is 0 Å². The minimum absolute atomic E-state index is 0.108. The Bertz CT molecular complexity index is 1480. The van der Waals surface area contributed by atoms with Gasteiger partial charge in [0.15, 0.2) is 0 Å². The van der Waals surface area contributed by atoms with Gasteiger partial charge in [0, 0.05) is 43.2 Å². The van der Waals surface area contributed by atoms with Crippen LogP contribution in [-0.4, -0.2) is 25.0 Å². The summed E-state index contributed by atoms with van der Waals surface area (Å²) in [5, 5.41) is 0. The minimum Gasteiger partial charge on any atom is -0.439 e. The van der Waals surface area contributed by atoms with Crippen molar-refractivity contribution in [2.75, 3.05) is 0 Å². The predicted octanol–water partition coefficient (Wildman–Crippen LogP) is 3.87. The fourth-order valence-electron chi connectivity index (χ4n) is 3.45. The number of aromatic nitrogens is 4. The zero-order valence-corrected chi connectivity index (χ0v) is 18.0. The van der Waals surface area contributed by atoms with Gasteiger partial charge in [-0.3, -0.25) is 9.59 Å². The van der Waals surface area contributed by atoms with E-state index in [-0.39, 0.29) is 17.2 Å². The maximum atomic E-state index is 12.8. The fraction of sp³-hybridized carbons (Fsp3) is 0.130. The number of rotatable bonds is 5. The van der Waals surface area contributed by atoms with E-state index < -0.39 is 17.6 Å². The molecule has 0 aliphatic heterocycles. The van der Waals surface area contributed by atoms with Crippen molar-refractivity contribution in [1.82, 2.24) is 19.1 Å². The van der Waals surface area contributed by atoms with Gasteiger partial charge in [-0.1, -0.05) is 0 Å². The molecule has 0 saturated carbocycles. The van der Waals surface area contributed by atoms with E-state index in [9.17, 15) is 22.8 Å². The number of hydrogen-bond acceptors (Lipinski definition) is 5. The van der Waals surface area contributed by atoms with Crippen LogP contribution in [0.1, 0.15) is 11.4 Å². The summed E-state index contributed by atoms with van der Waals surface area (Å²) in [5.41, 5.74) is 6.28. The maximum Gasteiger partial charge on any atom is 0.416 e. The van der Waals surface area contributed by atoms with Crippen LogP contribution in [0.15, 0.2) is 59.5 Å². The van der Waals surface area contributed by atoms with Gasteiger partial charge in [-0.05, 0) is 37.3 Å². The molecule has 0 radical (unpaired) electrons. The molecule has 0 aliphatic rings. The van der Waals surface area contributed by atoms with Gasteiger partial charge in [-0.2, -0.15) is 18.2 Å².